The first-order valence-electron chi connectivity index (χ1n) is 19.1. The van der Waals surface area contributed by atoms with Gasteiger partial charge in [-0.15, -0.1) is 0 Å². The van der Waals surface area contributed by atoms with Crippen molar-refractivity contribution in [3.8, 4) is 0 Å². The molecule has 4 aromatic carbocycles. The van der Waals surface area contributed by atoms with Gasteiger partial charge in [0.25, 0.3) is 0 Å². The molecular weight excluding hydrogens is 669 g/mol. The molecular formula is C49H58O5. The zero-order valence-corrected chi connectivity index (χ0v) is 34.5. The Labute approximate surface area is 323 Å². The molecule has 0 unspecified atom stereocenters. The van der Waals surface area contributed by atoms with E-state index in [1.54, 1.807) is 36.4 Å². The van der Waals surface area contributed by atoms with Crippen LogP contribution in [0.1, 0.15) is 162 Å². The van der Waals surface area contributed by atoms with Crippen molar-refractivity contribution >= 4 is 23.3 Å². The predicted octanol–water partition coefficient (Wildman–Crippen LogP) is 11.6. The Morgan fingerprint density at radius 2 is 0.778 bits per heavy atom. The van der Waals surface area contributed by atoms with E-state index in [0.717, 1.165) is 35.1 Å². The fraction of sp³-hybridized carbons (Fsp3) is 0.408. The summed E-state index contributed by atoms with van der Waals surface area (Å²) in [4.78, 5) is 36.4. The highest BCUT2D eigenvalue weighted by molar-refractivity contribution is 6.10. The van der Waals surface area contributed by atoms with Gasteiger partial charge in [0.2, 0.25) is 0 Å². The number of aryl methyl sites for hydroxylation is 2. The topological polar surface area (TPSA) is 69.7 Å². The molecule has 0 spiro atoms. The summed E-state index contributed by atoms with van der Waals surface area (Å²) in [5.41, 5.74) is 13.9. The number of rotatable bonds is 6. The van der Waals surface area contributed by atoms with Crippen molar-refractivity contribution in [2.24, 2.45) is 0 Å². The summed E-state index contributed by atoms with van der Waals surface area (Å²) in [7, 11) is 2.75. The Kier molecular flexibility index (Phi) is 11.1. The summed E-state index contributed by atoms with van der Waals surface area (Å²) in [5.74, 6) is -0.727. The van der Waals surface area contributed by atoms with Gasteiger partial charge < -0.3 is 9.47 Å². The van der Waals surface area contributed by atoms with Gasteiger partial charge in [-0.05, 0) is 142 Å². The second-order valence-electron chi connectivity index (χ2n) is 17.9. The van der Waals surface area contributed by atoms with E-state index in [2.05, 4.69) is 93.2 Å². The summed E-state index contributed by atoms with van der Waals surface area (Å²) in [6, 6.07) is 23.2. The summed E-state index contributed by atoms with van der Waals surface area (Å²) in [5, 5.41) is 0. The van der Waals surface area contributed by atoms with Crippen molar-refractivity contribution in [3.63, 3.8) is 0 Å². The Balaban J connectivity index is 0.000000208. The van der Waals surface area contributed by atoms with E-state index in [1.165, 1.54) is 60.4 Å². The minimum absolute atomic E-state index is 0.00843. The normalized spacial score (nSPS) is 17.1. The van der Waals surface area contributed by atoms with E-state index >= 15 is 0 Å². The van der Waals surface area contributed by atoms with Crippen LogP contribution in [0.4, 0.5) is 0 Å². The number of ether oxygens (including phenoxy) is 2. The summed E-state index contributed by atoms with van der Waals surface area (Å²) < 4.78 is 9.50. The number of hydrogen-bond donors (Lipinski definition) is 0. The fourth-order valence-electron chi connectivity index (χ4n) is 8.13. The quantitative estimate of drug-likeness (QED) is 0.146. The van der Waals surface area contributed by atoms with Gasteiger partial charge in [-0.1, -0.05) is 104 Å². The van der Waals surface area contributed by atoms with Crippen LogP contribution in [0, 0.1) is 13.8 Å². The molecule has 0 bridgehead atoms. The molecule has 0 fully saturated rings. The molecule has 0 heterocycles. The molecule has 0 radical (unpaired) electrons. The molecule has 0 saturated carbocycles. The Morgan fingerprint density at radius 3 is 1.15 bits per heavy atom. The average molecular weight is 727 g/mol. The molecule has 5 heteroatoms. The van der Waals surface area contributed by atoms with Gasteiger partial charge in [-0.3, -0.25) is 4.79 Å². The van der Waals surface area contributed by atoms with Gasteiger partial charge in [-0.2, -0.15) is 0 Å². The second kappa shape index (κ2) is 14.8. The molecule has 54 heavy (non-hydrogen) atoms. The number of carbonyl (C=O) groups is 3. The molecule has 0 saturated heterocycles. The van der Waals surface area contributed by atoms with Crippen molar-refractivity contribution in [3.05, 3.63) is 146 Å². The molecule has 0 N–H and O–H groups in total. The first kappa shape index (κ1) is 40.4. The lowest BCUT2D eigenvalue weighted by molar-refractivity contribution is 0.0592. The minimum Gasteiger partial charge on any atom is -0.465 e. The zero-order valence-electron chi connectivity index (χ0n) is 34.5. The molecule has 2 aliphatic rings. The summed E-state index contributed by atoms with van der Waals surface area (Å²) >= 11 is 0. The first-order chi connectivity index (χ1) is 25.1. The van der Waals surface area contributed by atoms with Crippen LogP contribution in [0.25, 0.3) is 5.57 Å². The third-order valence-corrected chi connectivity index (χ3v) is 12.2. The first-order valence-corrected chi connectivity index (χ1v) is 19.1. The maximum absolute atomic E-state index is 13.2. The second-order valence-corrected chi connectivity index (χ2v) is 17.9. The van der Waals surface area contributed by atoms with Crippen LogP contribution >= 0.6 is 0 Å². The molecule has 2 aliphatic carbocycles. The Morgan fingerprint density at radius 1 is 0.481 bits per heavy atom. The van der Waals surface area contributed by atoms with Crippen LogP contribution in [0.15, 0.2) is 79.4 Å². The molecule has 0 amide bonds. The molecule has 5 nitrogen and oxygen atoms in total. The van der Waals surface area contributed by atoms with Crippen molar-refractivity contribution in [1.82, 2.24) is 0 Å². The molecule has 0 aromatic heterocycles. The number of methoxy groups -OCH3 is 2. The molecule has 6 rings (SSSR count). The Hall–Kier alpha value is -4.77. The SMILES string of the molecule is C=C(c1ccc(C(=O)OC)cc1)c1cc2c(cc1C)C(C)(C)CCC2(C)C.COC(=O)c1ccc(C(=O)c2cc3c(cc2C)C(C)(C)CCC3(C)C)cc1. The van der Waals surface area contributed by atoms with E-state index in [4.69, 9.17) is 9.47 Å². The highest BCUT2D eigenvalue weighted by atomic mass is 16.5. The maximum atomic E-state index is 13.2. The third-order valence-electron chi connectivity index (χ3n) is 12.2. The fourth-order valence-corrected chi connectivity index (χ4v) is 8.13. The maximum Gasteiger partial charge on any atom is 0.337 e. The van der Waals surface area contributed by atoms with Crippen molar-refractivity contribution in [1.29, 1.82) is 0 Å². The number of carbonyl (C=O) groups excluding carboxylic acids is 3. The van der Waals surface area contributed by atoms with Crippen molar-refractivity contribution < 1.29 is 23.9 Å². The standard InChI is InChI=1S/C25H30O2.C24H28O3/c1-16-14-21-22(25(5,6)13-12-24(21,3)4)15-20(16)17(2)18-8-10-19(11-9-18)23(26)27-7;1-15-13-19-20(24(4,5)12-11-23(19,2)3)14-18(15)21(25)16-7-9-17(10-8-16)22(26)27-6/h8-11,14-15H,2,12-13H2,1,3-7H3;7-10,13-14H,11-12H2,1-6H3. The van der Waals surface area contributed by atoms with Crippen molar-refractivity contribution in [2.75, 3.05) is 14.2 Å². The molecule has 4 aromatic rings. The van der Waals surface area contributed by atoms with Crippen LogP contribution in [-0.4, -0.2) is 31.9 Å². The van der Waals surface area contributed by atoms with Gasteiger partial charge in [0.1, 0.15) is 0 Å². The van der Waals surface area contributed by atoms with E-state index < -0.39 is 5.97 Å². The van der Waals surface area contributed by atoms with Crippen LogP contribution in [0.2, 0.25) is 0 Å². The van der Waals surface area contributed by atoms with Gasteiger partial charge in [-0.25, -0.2) is 9.59 Å². The Bertz CT molecular complexity index is 1950. The predicted molar refractivity (Wildman–Crippen MR) is 220 cm³/mol. The highest BCUT2D eigenvalue weighted by Crippen LogP contribution is 2.48. The number of hydrogen-bond acceptors (Lipinski definition) is 5. The monoisotopic (exact) mass is 726 g/mol. The van der Waals surface area contributed by atoms with Gasteiger partial charge in [0, 0.05) is 11.1 Å². The minimum atomic E-state index is -0.400. The third kappa shape index (κ3) is 7.87. The van der Waals surface area contributed by atoms with Crippen LogP contribution in [0.3, 0.4) is 0 Å². The van der Waals surface area contributed by atoms with Crippen LogP contribution in [-0.2, 0) is 31.1 Å². The van der Waals surface area contributed by atoms with E-state index in [0.29, 0.717) is 16.7 Å². The largest absolute Gasteiger partial charge is 0.465 e. The average Bonchev–Trinajstić information content (AvgIpc) is 3.14. The molecule has 0 atom stereocenters. The van der Waals surface area contributed by atoms with Crippen LogP contribution in [0.5, 0.6) is 0 Å². The lowest BCUT2D eigenvalue weighted by Crippen LogP contribution is -2.34. The lowest BCUT2D eigenvalue weighted by Gasteiger charge is -2.42. The number of fused-ring (bicyclic) bond motifs is 2. The molecule has 284 valence electrons. The van der Waals surface area contributed by atoms with Crippen molar-refractivity contribution in [2.45, 2.75) is 117 Å². The highest BCUT2D eigenvalue weighted by Gasteiger charge is 2.39. The number of esters is 2. The number of benzene rings is 4. The van der Waals surface area contributed by atoms with Crippen LogP contribution < -0.4 is 0 Å². The van der Waals surface area contributed by atoms with E-state index in [9.17, 15) is 14.4 Å². The summed E-state index contributed by atoms with van der Waals surface area (Å²) in [6.45, 7) is 27.0. The molecule has 0 aliphatic heterocycles. The van der Waals surface area contributed by atoms with E-state index in [1.807, 2.05) is 19.1 Å². The van der Waals surface area contributed by atoms with Gasteiger partial charge >= 0.3 is 11.9 Å². The van der Waals surface area contributed by atoms with Gasteiger partial charge in [0.05, 0.1) is 25.3 Å². The van der Waals surface area contributed by atoms with E-state index in [-0.39, 0.29) is 33.4 Å². The van der Waals surface area contributed by atoms with Gasteiger partial charge in [0.15, 0.2) is 5.78 Å². The smallest absolute Gasteiger partial charge is 0.337 e. The number of ketones is 1. The zero-order chi connectivity index (χ0) is 40.0. The lowest BCUT2D eigenvalue weighted by atomic mass is 9.62. The summed E-state index contributed by atoms with van der Waals surface area (Å²) in [6.07, 6.45) is 4.66.